The van der Waals surface area contributed by atoms with Crippen LogP contribution in [0.25, 0.3) is 0 Å². The second-order valence-corrected chi connectivity index (χ2v) is 7.77. The lowest BCUT2D eigenvalue weighted by atomic mass is 10.1. The smallest absolute Gasteiger partial charge is 0.282 e. The van der Waals surface area contributed by atoms with Crippen LogP contribution in [0.15, 0.2) is 48.5 Å². The minimum absolute atomic E-state index is 0.0442. The van der Waals surface area contributed by atoms with Crippen molar-refractivity contribution in [2.75, 3.05) is 44.6 Å². The zero-order valence-electron chi connectivity index (χ0n) is 16.6. The van der Waals surface area contributed by atoms with E-state index in [1.54, 1.807) is 18.2 Å². The van der Waals surface area contributed by atoms with E-state index in [0.29, 0.717) is 22.9 Å². The Kier molecular flexibility index (Phi) is 7.48. The SMILES string of the molecule is C[C@@H](C(=O)Nc1ccccc1C#N)[NH+]1CC[NH+](CCOc2ccc(Cl)cc2)CC1. The third-order valence-electron chi connectivity index (χ3n) is 5.45. The maximum Gasteiger partial charge on any atom is 0.282 e. The molecule has 1 heterocycles. The first kappa shape index (κ1) is 21.1. The molecule has 1 saturated heterocycles. The zero-order chi connectivity index (χ0) is 20.6. The number of hydrogen-bond acceptors (Lipinski definition) is 3. The molecule has 1 amide bonds. The van der Waals surface area contributed by atoms with Gasteiger partial charge < -0.3 is 19.9 Å². The van der Waals surface area contributed by atoms with Gasteiger partial charge >= 0.3 is 0 Å². The molecule has 1 atom stereocenters. The maximum absolute atomic E-state index is 12.6. The van der Waals surface area contributed by atoms with Crippen LogP contribution in [-0.2, 0) is 4.79 Å². The molecule has 152 valence electrons. The van der Waals surface area contributed by atoms with E-state index in [1.807, 2.05) is 37.3 Å². The van der Waals surface area contributed by atoms with Crippen LogP contribution in [0.3, 0.4) is 0 Å². The van der Waals surface area contributed by atoms with E-state index < -0.39 is 0 Å². The fourth-order valence-electron chi connectivity index (χ4n) is 3.57. The number of carbonyl (C=O) groups is 1. The van der Waals surface area contributed by atoms with Crippen LogP contribution in [0.2, 0.25) is 5.02 Å². The fraction of sp³-hybridized carbons (Fsp3) is 0.364. The predicted octanol–water partition coefficient (Wildman–Crippen LogP) is 0.401. The number of carbonyl (C=O) groups excluding carboxylic acids is 1. The molecular weight excluding hydrogens is 388 g/mol. The summed E-state index contributed by atoms with van der Waals surface area (Å²) in [7, 11) is 0. The number of ether oxygens (including phenoxy) is 1. The van der Waals surface area contributed by atoms with Crippen LogP contribution in [0.5, 0.6) is 5.75 Å². The summed E-state index contributed by atoms with van der Waals surface area (Å²) in [4.78, 5) is 15.4. The van der Waals surface area contributed by atoms with E-state index in [4.69, 9.17) is 16.3 Å². The van der Waals surface area contributed by atoms with Crippen molar-refractivity contribution >= 4 is 23.2 Å². The Balaban J connectivity index is 1.41. The molecule has 0 bridgehead atoms. The summed E-state index contributed by atoms with van der Waals surface area (Å²) in [5.74, 6) is 0.790. The number of rotatable bonds is 7. The molecule has 7 heteroatoms. The number of quaternary nitrogens is 2. The lowest BCUT2D eigenvalue weighted by molar-refractivity contribution is -1.02. The van der Waals surface area contributed by atoms with Crippen molar-refractivity contribution in [3.8, 4) is 11.8 Å². The van der Waals surface area contributed by atoms with E-state index in [2.05, 4.69) is 11.4 Å². The number of piperazine rings is 1. The molecule has 0 radical (unpaired) electrons. The molecule has 0 spiro atoms. The summed E-state index contributed by atoms with van der Waals surface area (Å²) in [6.45, 7) is 7.43. The minimum Gasteiger partial charge on any atom is -0.488 e. The van der Waals surface area contributed by atoms with Gasteiger partial charge in [0.05, 0.1) is 11.3 Å². The number of benzene rings is 2. The minimum atomic E-state index is -0.159. The highest BCUT2D eigenvalue weighted by atomic mass is 35.5. The number of hydrogen-bond donors (Lipinski definition) is 3. The Labute approximate surface area is 176 Å². The Bertz CT molecular complexity index is 858. The van der Waals surface area contributed by atoms with Crippen LogP contribution in [0.4, 0.5) is 5.69 Å². The molecule has 6 nitrogen and oxygen atoms in total. The van der Waals surface area contributed by atoms with Crippen molar-refractivity contribution in [3.63, 3.8) is 0 Å². The van der Waals surface area contributed by atoms with Crippen molar-refractivity contribution in [1.29, 1.82) is 5.26 Å². The van der Waals surface area contributed by atoms with E-state index in [1.165, 1.54) is 9.80 Å². The molecule has 3 N–H and O–H groups in total. The third-order valence-corrected chi connectivity index (χ3v) is 5.70. The number of nitrogens with zero attached hydrogens (tertiary/aromatic N) is 1. The quantitative estimate of drug-likeness (QED) is 0.614. The first-order valence-electron chi connectivity index (χ1n) is 9.93. The third kappa shape index (κ3) is 5.94. The summed E-state index contributed by atoms with van der Waals surface area (Å²) in [6, 6.07) is 16.5. The van der Waals surface area contributed by atoms with Crippen LogP contribution in [0, 0.1) is 11.3 Å². The summed E-state index contributed by atoms with van der Waals surface area (Å²) in [5.41, 5.74) is 1.06. The highest BCUT2D eigenvalue weighted by Gasteiger charge is 2.31. The molecule has 0 unspecified atom stereocenters. The average molecular weight is 415 g/mol. The Hall–Kier alpha value is -2.59. The van der Waals surface area contributed by atoms with E-state index >= 15 is 0 Å². The topological polar surface area (TPSA) is 71.0 Å². The van der Waals surface area contributed by atoms with Crippen molar-refractivity contribution in [2.24, 2.45) is 0 Å². The molecule has 0 aromatic heterocycles. The van der Waals surface area contributed by atoms with Crippen LogP contribution in [-0.4, -0.2) is 51.3 Å². The molecule has 1 aliphatic rings. The van der Waals surface area contributed by atoms with Gasteiger partial charge in [0.25, 0.3) is 5.91 Å². The second-order valence-electron chi connectivity index (χ2n) is 7.33. The first-order valence-corrected chi connectivity index (χ1v) is 10.3. The van der Waals surface area contributed by atoms with Gasteiger partial charge in [-0.3, -0.25) is 4.79 Å². The van der Waals surface area contributed by atoms with Crippen LogP contribution >= 0.6 is 11.6 Å². The highest BCUT2D eigenvalue weighted by Crippen LogP contribution is 2.15. The number of para-hydroxylation sites is 1. The molecule has 3 rings (SSSR count). The predicted molar refractivity (Wildman–Crippen MR) is 112 cm³/mol. The van der Waals surface area contributed by atoms with Crippen molar-refractivity contribution in [2.45, 2.75) is 13.0 Å². The summed E-state index contributed by atoms with van der Waals surface area (Å²) in [5, 5.41) is 12.8. The molecule has 0 saturated carbocycles. The standard InChI is InChI=1S/C22H25ClN4O2/c1-17(22(28)25-21-5-3-2-4-18(21)16-24)27-12-10-26(11-13-27)14-15-29-20-8-6-19(23)7-9-20/h2-9,17H,10-15H2,1H3,(H,25,28)/p+2/t17-/m0/s1. The molecule has 2 aromatic carbocycles. The molecule has 0 aliphatic carbocycles. The molecule has 2 aromatic rings. The van der Waals surface area contributed by atoms with Gasteiger partial charge in [0, 0.05) is 5.02 Å². The number of amides is 1. The van der Waals surface area contributed by atoms with Crippen LogP contribution < -0.4 is 19.9 Å². The lowest BCUT2D eigenvalue weighted by Crippen LogP contribution is -3.30. The maximum atomic E-state index is 12.6. The average Bonchev–Trinajstić information content (AvgIpc) is 2.75. The van der Waals surface area contributed by atoms with Gasteiger partial charge in [-0.25, -0.2) is 0 Å². The summed E-state index contributed by atoms with van der Waals surface area (Å²) in [6.07, 6.45) is 0. The molecular formula is C22H27ClN4O2+2. The monoisotopic (exact) mass is 414 g/mol. The summed E-state index contributed by atoms with van der Waals surface area (Å²) < 4.78 is 5.79. The first-order chi connectivity index (χ1) is 14.1. The Morgan fingerprint density at radius 2 is 1.86 bits per heavy atom. The Morgan fingerprint density at radius 1 is 1.17 bits per heavy atom. The van der Waals surface area contributed by atoms with Crippen molar-refractivity contribution < 1.29 is 19.3 Å². The lowest BCUT2D eigenvalue weighted by Gasteiger charge is -2.32. The fourth-order valence-corrected chi connectivity index (χ4v) is 3.69. The van der Waals surface area contributed by atoms with E-state index in [9.17, 15) is 10.1 Å². The molecule has 1 fully saturated rings. The highest BCUT2D eigenvalue weighted by molar-refractivity contribution is 6.30. The second kappa shape index (κ2) is 10.3. The van der Waals surface area contributed by atoms with Crippen molar-refractivity contribution in [3.05, 3.63) is 59.1 Å². The van der Waals surface area contributed by atoms with Crippen molar-refractivity contribution in [1.82, 2.24) is 0 Å². The number of nitriles is 1. The number of anilines is 1. The van der Waals surface area contributed by atoms with Gasteiger partial charge in [0.2, 0.25) is 0 Å². The van der Waals surface area contributed by atoms with Crippen LogP contribution in [0.1, 0.15) is 12.5 Å². The molecule has 1 aliphatic heterocycles. The molecule has 29 heavy (non-hydrogen) atoms. The Morgan fingerprint density at radius 3 is 2.55 bits per heavy atom. The number of nitrogens with one attached hydrogen (secondary N) is 3. The van der Waals surface area contributed by atoms with Gasteiger partial charge in [-0.2, -0.15) is 5.26 Å². The number of halogens is 1. The van der Waals surface area contributed by atoms with Gasteiger partial charge in [-0.1, -0.05) is 23.7 Å². The van der Waals surface area contributed by atoms with E-state index in [0.717, 1.165) is 38.5 Å². The summed E-state index contributed by atoms with van der Waals surface area (Å²) >= 11 is 5.88. The largest absolute Gasteiger partial charge is 0.488 e. The normalized spacial score (nSPS) is 19.8. The van der Waals surface area contributed by atoms with Gasteiger partial charge in [-0.15, -0.1) is 0 Å². The van der Waals surface area contributed by atoms with Gasteiger partial charge in [0.1, 0.15) is 51.1 Å². The van der Waals surface area contributed by atoms with Gasteiger partial charge in [0.15, 0.2) is 6.04 Å². The van der Waals surface area contributed by atoms with E-state index in [-0.39, 0.29) is 11.9 Å². The van der Waals surface area contributed by atoms with Gasteiger partial charge in [-0.05, 0) is 43.3 Å². The zero-order valence-corrected chi connectivity index (χ0v) is 17.3.